The number of rotatable bonds is 4. The van der Waals surface area contributed by atoms with Crippen molar-refractivity contribution in [2.75, 3.05) is 0 Å². The summed E-state index contributed by atoms with van der Waals surface area (Å²) in [4.78, 5) is 12.2. The highest BCUT2D eigenvalue weighted by Gasteiger charge is 2.17. The fourth-order valence-corrected chi connectivity index (χ4v) is 1.74. The van der Waals surface area contributed by atoms with Gasteiger partial charge >= 0.3 is 0 Å². The smallest absolute Gasteiger partial charge is 0.194 e. The average Bonchev–Trinajstić information content (AvgIpc) is 2.46. The zero-order chi connectivity index (χ0) is 13.7. The number of carbonyl (C=O) groups is 1. The van der Waals surface area contributed by atoms with Crippen LogP contribution in [0.15, 0.2) is 66.2 Å². The van der Waals surface area contributed by atoms with Gasteiger partial charge in [-0.3, -0.25) is 4.79 Å². The third kappa shape index (κ3) is 3.37. The number of aliphatic hydroxyl groups excluding tert-OH is 1. The number of aliphatic hydroxyl groups is 2. The van der Waals surface area contributed by atoms with Crippen LogP contribution in [-0.2, 0) is 0 Å². The molecule has 0 aromatic heterocycles. The Labute approximate surface area is 111 Å². The predicted molar refractivity (Wildman–Crippen MR) is 73.4 cm³/mol. The highest BCUT2D eigenvalue weighted by molar-refractivity contribution is 6.11. The van der Waals surface area contributed by atoms with Crippen LogP contribution in [0.25, 0.3) is 6.08 Å². The summed E-state index contributed by atoms with van der Waals surface area (Å²) in [6.07, 6.45) is -0.312. The first-order valence-corrected chi connectivity index (χ1v) is 5.91. The van der Waals surface area contributed by atoms with Gasteiger partial charge in [0.2, 0.25) is 0 Å². The summed E-state index contributed by atoms with van der Waals surface area (Å²) in [5.74, 6) is -0.389. The second-order valence-electron chi connectivity index (χ2n) is 4.08. The van der Waals surface area contributed by atoms with Gasteiger partial charge in [0.25, 0.3) is 0 Å². The van der Waals surface area contributed by atoms with E-state index in [9.17, 15) is 15.0 Å². The van der Waals surface area contributed by atoms with Gasteiger partial charge in [-0.2, -0.15) is 0 Å². The van der Waals surface area contributed by atoms with Crippen LogP contribution in [0, 0.1) is 0 Å². The van der Waals surface area contributed by atoms with Gasteiger partial charge in [-0.25, -0.2) is 0 Å². The maximum atomic E-state index is 12.2. The number of Topliss-reactive ketones (excluding diaryl/α,β-unsaturated/α-hetero) is 1. The molecule has 0 saturated carbocycles. The fraction of sp³-hybridized carbons (Fsp3) is 0.0625. The van der Waals surface area contributed by atoms with Crippen molar-refractivity contribution in [1.82, 2.24) is 0 Å². The number of hydrogen-bond acceptors (Lipinski definition) is 3. The van der Waals surface area contributed by atoms with E-state index in [-0.39, 0.29) is 11.4 Å². The van der Waals surface area contributed by atoms with Gasteiger partial charge < -0.3 is 10.2 Å². The first-order valence-electron chi connectivity index (χ1n) is 5.91. The molecule has 96 valence electrons. The van der Waals surface area contributed by atoms with Gasteiger partial charge in [-0.15, -0.1) is 0 Å². The highest BCUT2D eigenvalue weighted by atomic mass is 16.5. The van der Waals surface area contributed by atoms with E-state index < -0.39 is 6.29 Å². The van der Waals surface area contributed by atoms with E-state index in [4.69, 9.17) is 0 Å². The fourth-order valence-electron chi connectivity index (χ4n) is 1.74. The van der Waals surface area contributed by atoms with Gasteiger partial charge in [0, 0.05) is 5.56 Å². The highest BCUT2D eigenvalue weighted by Crippen LogP contribution is 2.15. The Morgan fingerprint density at radius 2 is 1.42 bits per heavy atom. The molecular formula is C16H14O3. The molecule has 2 rings (SSSR count). The molecule has 0 aliphatic carbocycles. The largest absolute Gasteiger partial charge is 0.364 e. The van der Waals surface area contributed by atoms with Crippen molar-refractivity contribution in [3.8, 4) is 0 Å². The lowest BCUT2D eigenvalue weighted by atomic mass is 10.0. The molecule has 0 bridgehead atoms. The van der Waals surface area contributed by atoms with Crippen LogP contribution in [-0.4, -0.2) is 22.3 Å². The van der Waals surface area contributed by atoms with Crippen LogP contribution in [0.4, 0.5) is 0 Å². The third-order valence-corrected chi connectivity index (χ3v) is 2.70. The monoisotopic (exact) mass is 254 g/mol. The molecule has 3 heteroatoms. The van der Waals surface area contributed by atoms with Crippen LogP contribution >= 0.6 is 0 Å². The van der Waals surface area contributed by atoms with E-state index in [0.29, 0.717) is 5.56 Å². The molecule has 0 aliphatic rings. The molecule has 2 N–H and O–H groups in total. The Morgan fingerprint density at radius 1 is 0.895 bits per heavy atom. The number of benzene rings is 2. The molecular weight excluding hydrogens is 240 g/mol. The zero-order valence-corrected chi connectivity index (χ0v) is 10.2. The molecule has 0 spiro atoms. The molecule has 0 amide bonds. The maximum absolute atomic E-state index is 12.2. The van der Waals surface area contributed by atoms with Gasteiger partial charge in [0.05, 0.1) is 5.57 Å². The van der Waals surface area contributed by atoms with Crippen molar-refractivity contribution < 1.29 is 15.0 Å². The first kappa shape index (κ1) is 13.2. The van der Waals surface area contributed by atoms with Crippen molar-refractivity contribution in [2.45, 2.75) is 6.29 Å². The summed E-state index contributed by atoms with van der Waals surface area (Å²) in [7, 11) is 0. The Kier molecular flexibility index (Phi) is 4.23. The molecule has 0 fully saturated rings. The van der Waals surface area contributed by atoms with E-state index in [1.165, 1.54) is 6.08 Å². The van der Waals surface area contributed by atoms with Gasteiger partial charge in [0.1, 0.15) is 0 Å². The molecule has 0 unspecified atom stereocenters. The Bertz CT molecular complexity index is 571. The number of hydrogen-bond donors (Lipinski definition) is 2. The van der Waals surface area contributed by atoms with Crippen LogP contribution in [0.3, 0.4) is 0 Å². The normalized spacial score (nSPS) is 11.6. The molecule has 0 atom stereocenters. The molecule has 0 heterocycles. The summed E-state index contributed by atoms with van der Waals surface area (Å²) in [6, 6.07) is 17.6. The van der Waals surface area contributed by atoms with Crippen molar-refractivity contribution in [3.05, 3.63) is 77.4 Å². The van der Waals surface area contributed by atoms with Crippen LogP contribution < -0.4 is 0 Å². The lowest BCUT2D eigenvalue weighted by Crippen LogP contribution is -2.17. The topological polar surface area (TPSA) is 57.5 Å². The van der Waals surface area contributed by atoms with Crippen LogP contribution in [0.1, 0.15) is 15.9 Å². The third-order valence-electron chi connectivity index (χ3n) is 2.70. The summed E-state index contributed by atoms with van der Waals surface area (Å²) >= 11 is 0. The average molecular weight is 254 g/mol. The van der Waals surface area contributed by atoms with E-state index >= 15 is 0 Å². The van der Waals surface area contributed by atoms with Gasteiger partial charge in [-0.05, 0) is 11.6 Å². The van der Waals surface area contributed by atoms with Crippen molar-refractivity contribution >= 4 is 11.9 Å². The summed E-state index contributed by atoms with van der Waals surface area (Å²) < 4.78 is 0. The van der Waals surface area contributed by atoms with Crippen LogP contribution in [0.2, 0.25) is 0 Å². The minimum Gasteiger partial charge on any atom is -0.364 e. The zero-order valence-electron chi connectivity index (χ0n) is 10.2. The lowest BCUT2D eigenvalue weighted by molar-refractivity contribution is -0.00646. The minimum atomic E-state index is -1.80. The van der Waals surface area contributed by atoms with Crippen molar-refractivity contribution in [1.29, 1.82) is 0 Å². The standard InChI is InChI=1S/C16H14O3/c17-15(13-9-5-2-6-10-13)14(16(18)19)11-12-7-3-1-4-8-12/h1-11,16,18-19H/b14-11-. The van der Waals surface area contributed by atoms with Gasteiger partial charge in [-0.1, -0.05) is 60.7 Å². The number of carbonyl (C=O) groups excluding carboxylic acids is 1. The first-order chi connectivity index (χ1) is 9.18. The van der Waals surface area contributed by atoms with Crippen molar-refractivity contribution in [3.63, 3.8) is 0 Å². The van der Waals surface area contributed by atoms with E-state index in [1.807, 2.05) is 18.2 Å². The Hall–Kier alpha value is -2.23. The molecule has 0 saturated heterocycles. The predicted octanol–water partition coefficient (Wildman–Crippen LogP) is 2.26. The molecule has 3 nitrogen and oxygen atoms in total. The molecule has 19 heavy (non-hydrogen) atoms. The molecule has 2 aromatic carbocycles. The summed E-state index contributed by atoms with van der Waals surface area (Å²) in [6.45, 7) is 0. The van der Waals surface area contributed by atoms with E-state index in [2.05, 4.69) is 0 Å². The molecule has 2 aromatic rings. The number of ketones is 1. The second-order valence-corrected chi connectivity index (χ2v) is 4.08. The minimum absolute atomic E-state index is 0.0441. The Balaban J connectivity index is 2.37. The van der Waals surface area contributed by atoms with Crippen LogP contribution in [0.5, 0.6) is 0 Å². The Morgan fingerprint density at radius 3 is 1.95 bits per heavy atom. The summed E-state index contributed by atoms with van der Waals surface area (Å²) in [5.41, 5.74) is 1.13. The summed E-state index contributed by atoms with van der Waals surface area (Å²) in [5, 5.41) is 18.7. The second kappa shape index (κ2) is 6.09. The molecule has 0 aliphatic heterocycles. The van der Waals surface area contributed by atoms with Gasteiger partial charge in [0.15, 0.2) is 12.1 Å². The van der Waals surface area contributed by atoms with E-state index in [0.717, 1.165) is 5.56 Å². The van der Waals surface area contributed by atoms with Crippen molar-refractivity contribution in [2.24, 2.45) is 0 Å². The van der Waals surface area contributed by atoms with E-state index in [1.54, 1.807) is 42.5 Å². The molecule has 0 radical (unpaired) electrons. The maximum Gasteiger partial charge on any atom is 0.194 e. The lowest BCUT2D eigenvalue weighted by Gasteiger charge is -2.09. The SMILES string of the molecule is O=C(/C(=C/c1ccccc1)C(O)O)c1ccccc1. The quantitative estimate of drug-likeness (QED) is 0.500.